The maximum absolute atomic E-state index is 12.4. The van der Waals surface area contributed by atoms with Crippen molar-refractivity contribution < 1.29 is 180 Å². The zero-order valence-corrected chi connectivity index (χ0v) is 94.3. The van der Waals surface area contributed by atoms with Gasteiger partial charge in [0.1, 0.15) is 123 Å². The van der Waals surface area contributed by atoms with Gasteiger partial charge in [0.15, 0.2) is 5.12 Å². The van der Waals surface area contributed by atoms with Crippen LogP contribution in [0.3, 0.4) is 0 Å². The second-order valence-corrected chi connectivity index (χ2v) is 49.8. The fourth-order valence-corrected chi connectivity index (χ4v) is 13.8. The van der Waals surface area contributed by atoms with Gasteiger partial charge >= 0.3 is 96.3 Å². The molecule has 0 saturated carbocycles. The first kappa shape index (κ1) is 139. The third-order valence-electron chi connectivity index (χ3n) is 15.4. The van der Waals surface area contributed by atoms with E-state index in [1.165, 1.54) is 6.92 Å². The maximum Gasteiger partial charge on any atom is 0.424 e. The summed E-state index contributed by atoms with van der Waals surface area (Å²) in [4.78, 5) is 199. The quantitative estimate of drug-likeness (QED) is 0.0296. The Balaban J connectivity index is -0.00000164. The Hall–Kier alpha value is -11.4. The van der Waals surface area contributed by atoms with Gasteiger partial charge in [0.25, 0.3) is 0 Å². The number of aliphatic carboxylic acids is 2. The van der Waals surface area contributed by atoms with Crippen molar-refractivity contribution in [3.05, 3.63) is 71.8 Å². The number of amides is 6. The molecule has 0 aliphatic carbocycles. The van der Waals surface area contributed by atoms with E-state index in [4.69, 9.17) is 81.6 Å². The maximum atomic E-state index is 12.4. The van der Waals surface area contributed by atoms with Crippen molar-refractivity contribution in [1.82, 2.24) is 35.6 Å². The fraction of sp³-hybridized carbons (Fsp3) is 0.704. The number of aliphatic hydroxyl groups excluding tert-OH is 1. The van der Waals surface area contributed by atoms with Crippen LogP contribution in [0.1, 0.15) is 312 Å². The lowest BCUT2D eigenvalue weighted by molar-refractivity contribution is -0.161. The van der Waals surface area contributed by atoms with E-state index in [1.807, 2.05) is 36.4 Å². The van der Waals surface area contributed by atoms with Gasteiger partial charge in [-0.2, -0.15) is 4.31 Å². The molecule has 0 radical (unpaired) electrons. The summed E-state index contributed by atoms with van der Waals surface area (Å²) < 4.78 is 120. The van der Waals surface area contributed by atoms with Gasteiger partial charge in [0.2, 0.25) is 20.0 Å². The number of nitrogens with zero attached hydrogens (tertiary/aromatic N) is 1. The highest BCUT2D eigenvalue weighted by Crippen LogP contribution is 2.28. The molecule has 6 amide bonds. The number of rotatable bonds is 27. The average molecular weight is 2140 g/mol. The Morgan fingerprint density at radius 2 is 0.644 bits per heavy atom. The summed E-state index contributed by atoms with van der Waals surface area (Å²) in [5.41, 5.74) is -6.99. The summed E-state index contributed by atoms with van der Waals surface area (Å²) in [5.74, 6) is -7.71. The molecule has 0 bridgehead atoms. The minimum Gasteiger partial charge on any atom is -0.481 e. The summed E-state index contributed by atoms with van der Waals surface area (Å²) in [5, 5.41) is 38.4. The lowest BCUT2D eigenvalue weighted by atomic mass is 10.1. The molecule has 2 aromatic rings. The number of ether oxygens (including phenoxy) is 14. The van der Waals surface area contributed by atoms with Gasteiger partial charge in [-0.25, -0.2) is 79.1 Å². The van der Waals surface area contributed by atoms with Crippen LogP contribution in [-0.2, 0) is 152 Å². The van der Waals surface area contributed by atoms with Gasteiger partial charge in [-0.3, -0.25) is 24.0 Å². The minimum atomic E-state index is -3.85. The molecule has 2 fully saturated rings. The van der Waals surface area contributed by atoms with E-state index in [0.717, 1.165) is 22.9 Å². The Morgan fingerprint density at radius 3 is 0.925 bits per heavy atom. The number of carboxylic acids is 2. The van der Waals surface area contributed by atoms with Crippen LogP contribution in [0.4, 0.5) is 28.8 Å². The van der Waals surface area contributed by atoms with Crippen LogP contribution in [0.25, 0.3) is 0 Å². The molecular formula is C98H163N7O38S3. The fourth-order valence-electron chi connectivity index (χ4n) is 10.3. The number of nitrogens with one attached hydrogen (secondary N) is 6. The zero-order chi connectivity index (χ0) is 115. The number of carbonyl (C=O) groups is 17. The third-order valence-corrected chi connectivity index (χ3v) is 19.4. The number of sulfonamides is 2. The van der Waals surface area contributed by atoms with Gasteiger partial charge in [-0.1, -0.05) is 72.4 Å². The number of hydrogen-bond acceptors (Lipinski definition) is 37. The molecule has 4 rings (SSSR count). The molecule has 2 aliphatic rings. The first-order valence-electron chi connectivity index (χ1n) is 46.7. The Morgan fingerprint density at radius 1 is 0.363 bits per heavy atom. The lowest BCUT2D eigenvalue weighted by Gasteiger charge is -2.28. The number of benzene rings is 2. The van der Waals surface area contributed by atoms with Crippen molar-refractivity contribution in [1.29, 1.82) is 0 Å². The molecule has 9 N–H and O–H groups in total. The summed E-state index contributed by atoms with van der Waals surface area (Å²) >= 11 is 1.10. The van der Waals surface area contributed by atoms with Crippen LogP contribution in [0, 0.1) is 0 Å². The number of thioether (sulfide) groups is 1. The number of alkyl carbamates (subject to hydrolysis) is 5. The summed E-state index contributed by atoms with van der Waals surface area (Å²) in [6, 6.07) is 10.6. The molecule has 2 aromatic carbocycles. The van der Waals surface area contributed by atoms with Gasteiger partial charge < -0.3 is 108 Å². The van der Waals surface area contributed by atoms with Crippen LogP contribution in [0.5, 0.6) is 0 Å². The molecule has 836 valence electrons. The van der Waals surface area contributed by atoms with E-state index in [-0.39, 0.29) is 62.1 Å². The van der Waals surface area contributed by atoms with Gasteiger partial charge in [0.05, 0.1) is 30.8 Å². The molecular weight excluding hydrogens is 1980 g/mol. The predicted molar refractivity (Wildman–Crippen MR) is 538 cm³/mol. The Labute approximate surface area is 863 Å². The molecule has 146 heavy (non-hydrogen) atoms. The second kappa shape index (κ2) is 60.2. The highest BCUT2D eigenvalue weighted by Gasteiger charge is 2.49. The molecule has 48 heteroatoms. The van der Waals surface area contributed by atoms with Crippen molar-refractivity contribution >= 4 is 133 Å². The summed E-state index contributed by atoms with van der Waals surface area (Å²) in [7, 11) is -7.10. The number of carboxylic acid groups (broad SMARTS) is 2. The standard InChI is InChI=1S/C20H29NO6.C16H21NO6.C15H27NO5S.C13H23NO6S.C13H23NO6.C13H25NO5.C8H15NO4S/c1-19(2,3)26-17(23)15(21-18(24)27-20(4,5)6)12-16(22)25-13-14-10-8-7-9-11-14;1-16(2,3)23-15(21)17-12(14(19)20)9-13(18)22-10-11-7-5-4-6-8-11;1-10(17)22-9-8-11(12(18)20-14(2,3)4)16-13(19)21-15(5,6)7;1-12(2,3)19-10(15)9-7-8-21(17,18)14(9)11(16)20-13(4,5)6;1-12(2,3)19-10(17)8(7-9(15)16)14-11(18)20-13(4,5)6;1-12(2,3)18-10(16)9(7-8-15)14-11(17)19-13(4,5)6;1-8(2,3)13-7(10)6-4-5-14(11,12)9-6/h7-11,15H,12-13H2,1-6H3,(H,21,24);4-8,12H,9-10H2,1-3H3,(H,17,21)(H,19,20);11H,8-9H2,1-7H3,(H,16,19);9H,7-8H2,1-6H3;8H,7H2,1-6H3,(H,14,18)(H,15,16);9,15H,7-8H2,1-6H3,(H,14,17);6,9H,4-5H2,1-3H3/t15-;12-;11-;9-;8-;9-;6-/m1111111/s1. The number of hydrogen-bond donors (Lipinski definition) is 9. The largest absolute Gasteiger partial charge is 0.481 e. The van der Waals surface area contributed by atoms with Crippen LogP contribution < -0.4 is 31.3 Å². The lowest BCUT2D eigenvalue weighted by Crippen LogP contribution is -2.47. The molecule has 0 spiro atoms. The normalized spacial score (nSPS) is 15.5. The van der Waals surface area contributed by atoms with Crippen LogP contribution in [-0.4, -0.2) is 271 Å². The van der Waals surface area contributed by atoms with Crippen LogP contribution >= 0.6 is 11.8 Å². The summed E-state index contributed by atoms with van der Waals surface area (Å²) in [6.07, 6.45) is -5.77. The number of carbonyl (C=O) groups excluding carboxylic acids is 15. The van der Waals surface area contributed by atoms with Crippen LogP contribution in [0.15, 0.2) is 60.7 Å². The molecule has 2 heterocycles. The minimum absolute atomic E-state index is 0.00307. The van der Waals surface area contributed by atoms with Crippen molar-refractivity contribution in [2.75, 3.05) is 23.9 Å². The molecule has 45 nitrogen and oxygen atoms in total. The van der Waals surface area contributed by atoms with E-state index >= 15 is 0 Å². The van der Waals surface area contributed by atoms with E-state index in [9.17, 15) is 98.3 Å². The van der Waals surface area contributed by atoms with Crippen molar-refractivity contribution in [2.45, 2.75) is 424 Å². The highest BCUT2D eigenvalue weighted by molar-refractivity contribution is 8.13. The highest BCUT2D eigenvalue weighted by atomic mass is 32.2. The predicted octanol–water partition coefficient (Wildman–Crippen LogP) is 13.3. The van der Waals surface area contributed by atoms with Gasteiger partial charge in [0, 0.05) is 25.7 Å². The first-order chi connectivity index (χ1) is 65.5. The summed E-state index contributed by atoms with van der Waals surface area (Å²) in [6.45, 7) is 62.3. The Bertz CT molecular complexity index is 4810. The SMILES string of the molecule is CC(=O)SCC[C@@H](NC(=O)OC(C)(C)C)C(=O)OC(C)(C)C.CC(C)(C)OC(=O)N[C@H](CC(=O)O)C(=O)OC(C)(C)C.CC(C)(C)OC(=O)N[C@H](CC(=O)OCc1ccccc1)C(=O)O.CC(C)(C)OC(=O)N[C@H](CC(=O)OCc1ccccc1)C(=O)OC(C)(C)C.CC(C)(C)OC(=O)N[C@H](CCO)C(=O)OC(C)(C)C.CC(C)(C)OC(=O)[C@H]1CCS(=O)(=O)N1.CC(C)(C)OC(=O)[C@H]1CCS(=O)(=O)N1C(=O)OC(C)(C)C. The molecule has 2 aliphatic heterocycles. The average Bonchev–Trinajstić information content (AvgIpc) is 1.63. The third kappa shape index (κ3) is 75.3. The zero-order valence-electron chi connectivity index (χ0n) is 91.8. The number of aliphatic hydroxyl groups is 1. The molecule has 7 atom stereocenters. The molecule has 2 saturated heterocycles. The monoisotopic (exact) mass is 2140 g/mol. The second-order valence-electron chi connectivity index (χ2n) is 44.6. The van der Waals surface area contributed by atoms with Crippen LogP contribution in [0.2, 0.25) is 0 Å². The van der Waals surface area contributed by atoms with E-state index in [1.54, 1.807) is 274 Å². The van der Waals surface area contributed by atoms with Crippen molar-refractivity contribution in [3.8, 4) is 0 Å². The van der Waals surface area contributed by atoms with Gasteiger partial charge in [-0.05, 0) is 280 Å². The Kier molecular flexibility index (Phi) is 57.2. The van der Waals surface area contributed by atoms with E-state index in [0.29, 0.717) is 16.5 Å². The molecule has 0 aromatic heterocycles. The molecule has 0 unspecified atom stereocenters. The van der Waals surface area contributed by atoms with Crippen molar-refractivity contribution in [2.24, 2.45) is 0 Å². The topological polar surface area (TPSA) is 624 Å². The first-order valence-corrected chi connectivity index (χ1v) is 50.9. The van der Waals surface area contributed by atoms with E-state index < -0.39 is 239 Å². The van der Waals surface area contributed by atoms with Gasteiger partial charge in [-0.15, -0.1) is 0 Å². The smallest absolute Gasteiger partial charge is 0.424 e. The van der Waals surface area contributed by atoms with E-state index in [2.05, 4.69) is 31.3 Å². The number of esters is 8. The van der Waals surface area contributed by atoms with Crippen molar-refractivity contribution in [3.63, 3.8) is 0 Å².